The van der Waals surface area contributed by atoms with Crippen molar-refractivity contribution in [3.05, 3.63) is 24.3 Å². The lowest BCUT2D eigenvalue weighted by Crippen LogP contribution is -2.31. The Morgan fingerprint density at radius 2 is 2.00 bits per heavy atom. The molecule has 0 aliphatic rings. The fraction of sp³-hybridized carbons (Fsp3) is 0.462. The minimum absolute atomic E-state index is 0.103. The lowest BCUT2D eigenvalue weighted by atomic mass is 10.0. The van der Waals surface area contributed by atoms with Gasteiger partial charge in [-0.15, -0.1) is 0 Å². The highest BCUT2D eigenvalue weighted by Crippen LogP contribution is 2.15. The van der Waals surface area contributed by atoms with E-state index in [2.05, 4.69) is 10.0 Å². The van der Waals surface area contributed by atoms with Crippen molar-refractivity contribution < 1.29 is 13.2 Å². The van der Waals surface area contributed by atoms with Crippen molar-refractivity contribution in [2.45, 2.75) is 31.2 Å². The van der Waals surface area contributed by atoms with Gasteiger partial charge in [-0.1, -0.05) is 19.9 Å². The van der Waals surface area contributed by atoms with Crippen LogP contribution in [0.15, 0.2) is 29.2 Å². The van der Waals surface area contributed by atoms with Crippen molar-refractivity contribution in [1.29, 1.82) is 0 Å². The number of rotatable bonds is 6. The van der Waals surface area contributed by atoms with E-state index in [4.69, 9.17) is 5.73 Å². The SMILES string of the molecule is CNS(=O)(=O)c1cccc(NC(=O)CC(N)C(C)C)c1. The highest BCUT2D eigenvalue weighted by Gasteiger charge is 2.15. The summed E-state index contributed by atoms with van der Waals surface area (Å²) in [6, 6.07) is 5.85. The molecular weight excluding hydrogens is 278 g/mol. The predicted molar refractivity (Wildman–Crippen MR) is 78.7 cm³/mol. The summed E-state index contributed by atoms with van der Waals surface area (Å²) in [5.41, 5.74) is 6.26. The second kappa shape index (κ2) is 6.83. The van der Waals surface area contributed by atoms with E-state index < -0.39 is 10.0 Å². The van der Waals surface area contributed by atoms with Gasteiger partial charge in [-0.25, -0.2) is 13.1 Å². The molecule has 0 heterocycles. The van der Waals surface area contributed by atoms with E-state index in [1.54, 1.807) is 12.1 Å². The van der Waals surface area contributed by atoms with Crippen LogP contribution in [-0.4, -0.2) is 27.4 Å². The highest BCUT2D eigenvalue weighted by molar-refractivity contribution is 7.89. The molecule has 0 aliphatic carbocycles. The minimum atomic E-state index is -3.52. The molecule has 1 aromatic rings. The van der Waals surface area contributed by atoms with Crippen LogP contribution in [0.25, 0.3) is 0 Å². The molecule has 1 amide bonds. The molecule has 1 aromatic carbocycles. The summed E-state index contributed by atoms with van der Waals surface area (Å²) in [6.07, 6.45) is 0.195. The van der Waals surface area contributed by atoms with Crippen LogP contribution in [0.1, 0.15) is 20.3 Å². The van der Waals surface area contributed by atoms with Gasteiger partial charge in [0.25, 0.3) is 0 Å². The van der Waals surface area contributed by atoms with Crippen molar-refractivity contribution in [2.24, 2.45) is 11.7 Å². The molecule has 7 heteroatoms. The van der Waals surface area contributed by atoms with E-state index in [-0.39, 0.29) is 29.2 Å². The summed E-state index contributed by atoms with van der Waals surface area (Å²) in [5, 5.41) is 2.65. The Morgan fingerprint density at radius 1 is 1.35 bits per heavy atom. The van der Waals surface area contributed by atoms with Gasteiger partial charge in [0.1, 0.15) is 0 Å². The number of hydrogen-bond acceptors (Lipinski definition) is 4. The van der Waals surface area contributed by atoms with Gasteiger partial charge in [-0.3, -0.25) is 4.79 Å². The molecular formula is C13H21N3O3S. The Hall–Kier alpha value is -1.44. The van der Waals surface area contributed by atoms with E-state index in [1.165, 1.54) is 19.2 Å². The number of anilines is 1. The van der Waals surface area contributed by atoms with Gasteiger partial charge in [-0.2, -0.15) is 0 Å². The topological polar surface area (TPSA) is 101 Å². The van der Waals surface area contributed by atoms with E-state index >= 15 is 0 Å². The third-order valence-electron chi connectivity index (χ3n) is 2.97. The summed E-state index contributed by atoms with van der Waals surface area (Å²) in [5.74, 6) is -0.0260. The maximum absolute atomic E-state index is 11.8. The van der Waals surface area contributed by atoms with Crippen LogP contribution in [0, 0.1) is 5.92 Å². The van der Waals surface area contributed by atoms with Crippen LogP contribution in [0.4, 0.5) is 5.69 Å². The molecule has 0 radical (unpaired) electrons. The maximum atomic E-state index is 11.8. The zero-order valence-corrected chi connectivity index (χ0v) is 12.7. The normalized spacial score (nSPS) is 13.2. The zero-order valence-electron chi connectivity index (χ0n) is 11.9. The Balaban J connectivity index is 2.79. The molecule has 4 N–H and O–H groups in total. The molecule has 0 aromatic heterocycles. The number of sulfonamides is 1. The largest absolute Gasteiger partial charge is 0.327 e. The first-order chi connectivity index (χ1) is 9.26. The molecule has 1 rings (SSSR count). The molecule has 6 nitrogen and oxygen atoms in total. The summed E-state index contributed by atoms with van der Waals surface area (Å²) in [7, 11) is -2.18. The van der Waals surface area contributed by atoms with E-state index in [0.29, 0.717) is 5.69 Å². The summed E-state index contributed by atoms with van der Waals surface area (Å²) >= 11 is 0. The van der Waals surface area contributed by atoms with Gasteiger partial charge in [0.2, 0.25) is 15.9 Å². The maximum Gasteiger partial charge on any atom is 0.240 e. The van der Waals surface area contributed by atoms with Gasteiger partial charge in [-0.05, 0) is 31.2 Å². The van der Waals surface area contributed by atoms with E-state index in [0.717, 1.165) is 0 Å². The Kier molecular flexibility index (Phi) is 5.67. The molecule has 1 atom stereocenters. The third-order valence-corrected chi connectivity index (χ3v) is 4.39. The number of benzene rings is 1. The Morgan fingerprint density at radius 3 is 2.55 bits per heavy atom. The van der Waals surface area contributed by atoms with Crippen LogP contribution < -0.4 is 15.8 Å². The van der Waals surface area contributed by atoms with Gasteiger partial charge < -0.3 is 11.1 Å². The average molecular weight is 299 g/mol. The summed E-state index contributed by atoms with van der Waals surface area (Å²) in [4.78, 5) is 11.9. The smallest absolute Gasteiger partial charge is 0.240 e. The van der Waals surface area contributed by atoms with Crippen LogP contribution >= 0.6 is 0 Å². The van der Waals surface area contributed by atoms with Crippen LogP contribution in [0.3, 0.4) is 0 Å². The molecule has 0 bridgehead atoms. The second-order valence-electron chi connectivity index (χ2n) is 4.90. The molecule has 1 unspecified atom stereocenters. The quantitative estimate of drug-likeness (QED) is 0.726. The molecule has 0 fully saturated rings. The molecule has 0 spiro atoms. The number of nitrogens with one attached hydrogen (secondary N) is 2. The lowest BCUT2D eigenvalue weighted by Gasteiger charge is -2.15. The number of hydrogen-bond donors (Lipinski definition) is 3. The second-order valence-corrected chi connectivity index (χ2v) is 6.78. The van der Waals surface area contributed by atoms with E-state index in [1.807, 2.05) is 13.8 Å². The van der Waals surface area contributed by atoms with Crippen molar-refractivity contribution in [1.82, 2.24) is 4.72 Å². The van der Waals surface area contributed by atoms with Gasteiger partial charge in [0, 0.05) is 18.2 Å². The molecule has 0 saturated carbocycles. The number of carbonyl (C=O) groups excluding carboxylic acids is 1. The summed E-state index contributed by atoms with van der Waals surface area (Å²) in [6.45, 7) is 3.89. The fourth-order valence-electron chi connectivity index (χ4n) is 1.52. The first-order valence-corrected chi connectivity index (χ1v) is 7.83. The van der Waals surface area contributed by atoms with E-state index in [9.17, 15) is 13.2 Å². The zero-order chi connectivity index (χ0) is 15.3. The first kappa shape index (κ1) is 16.6. The molecule has 20 heavy (non-hydrogen) atoms. The Bertz CT molecular complexity index is 570. The Labute approximate surface area is 119 Å². The van der Waals surface area contributed by atoms with Gasteiger partial charge in [0.15, 0.2) is 0 Å². The molecule has 112 valence electrons. The third kappa shape index (κ3) is 4.59. The van der Waals surface area contributed by atoms with Gasteiger partial charge in [0.05, 0.1) is 4.90 Å². The van der Waals surface area contributed by atoms with Gasteiger partial charge >= 0.3 is 0 Å². The first-order valence-electron chi connectivity index (χ1n) is 6.35. The lowest BCUT2D eigenvalue weighted by molar-refractivity contribution is -0.116. The minimum Gasteiger partial charge on any atom is -0.327 e. The average Bonchev–Trinajstić information content (AvgIpc) is 2.38. The monoisotopic (exact) mass is 299 g/mol. The number of nitrogens with two attached hydrogens (primary N) is 1. The number of carbonyl (C=O) groups is 1. The standard InChI is InChI=1S/C13H21N3O3S/c1-9(2)12(14)8-13(17)16-10-5-4-6-11(7-10)20(18,19)15-3/h4-7,9,12,15H,8,14H2,1-3H3,(H,16,17). The van der Waals surface area contributed by atoms with Crippen molar-refractivity contribution in [2.75, 3.05) is 12.4 Å². The highest BCUT2D eigenvalue weighted by atomic mass is 32.2. The van der Waals surface area contributed by atoms with Crippen molar-refractivity contribution in [3.63, 3.8) is 0 Å². The molecule has 0 saturated heterocycles. The van der Waals surface area contributed by atoms with Crippen LogP contribution in [-0.2, 0) is 14.8 Å². The summed E-state index contributed by atoms with van der Waals surface area (Å²) < 4.78 is 25.5. The van der Waals surface area contributed by atoms with Crippen LogP contribution in [0.5, 0.6) is 0 Å². The van der Waals surface area contributed by atoms with Crippen molar-refractivity contribution >= 4 is 21.6 Å². The molecule has 0 aliphatic heterocycles. The van der Waals surface area contributed by atoms with Crippen LogP contribution in [0.2, 0.25) is 0 Å². The van der Waals surface area contributed by atoms with Crippen molar-refractivity contribution in [3.8, 4) is 0 Å². The number of amides is 1. The fourth-order valence-corrected chi connectivity index (χ4v) is 2.30. The predicted octanol–water partition coefficient (Wildman–Crippen LogP) is 0.907.